The first-order valence-electron chi connectivity index (χ1n) is 3.08. The van der Waals surface area contributed by atoms with Gasteiger partial charge in [-0.15, -0.1) is 0 Å². The summed E-state index contributed by atoms with van der Waals surface area (Å²) in [5.41, 5.74) is 0. The van der Waals surface area contributed by atoms with Crippen molar-refractivity contribution in [2.24, 2.45) is 0 Å². The molecular formula is C6H10O5. The number of hydrogen-bond donors (Lipinski definition) is 2. The van der Waals surface area contributed by atoms with E-state index in [4.69, 9.17) is 10.2 Å². The third-order valence-corrected chi connectivity index (χ3v) is 0.975. The lowest BCUT2D eigenvalue weighted by atomic mass is 10.3. The fourth-order valence-electron chi connectivity index (χ4n) is 0.550. The fourth-order valence-corrected chi connectivity index (χ4v) is 0.550. The molecule has 0 bridgehead atoms. The minimum Gasteiger partial charge on any atom is -0.479 e. The van der Waals surface area contributed by atoms with Crippen molar-refractivity contribution >= 4 is 11.9 Å². The van der Waals surface area contributed by atoms with E-state index in [-0.39, 0.29) is 13.0 Å². The van der Waals surface area contributed by atoms with E-state index in [9.17, 15) is 9.59 Å². The molecule has 0 unspecified atom stereocenters. The van der Waals surface area contributed by atoms with Gasteiger partial charge in [0.15, 0.2) is 0 Å². The van der Waals surface area contributed by atoms with E-state index >= 15 is 0 Å². The summed E-state index contributed by atoms with van der Waals surface area (Å²) in [6.45, 7) is 0.803. The number of carbonyl (C=O) groups excluding carboxylic acids is 1. The van der Waals surface area contributed by atoms with Gasteiger partial charge in [0, 0.05) is 20.0 Å². The van der Waals surface area contributed by atoms with E-state index in [0.29, 0.717) is 0 Å². The summed E-state index contributed by atoms with van der Waals surface area (Å²) >= 11 is 0. The number of aliphatic carboxylic acids is 1. The van der Waals surface area contributed by atoms with E-state index in [2.05, 4.69) is 4.74 Å². The molecule has 1 atom stereocenters. The molecule has 5 nitrogen and oxygen atoms in total. The number of carboxylic acid groups (broad SMARTS) is 1. The SMILES string of the molecule is CC(=O)O[C@@H](CCO)C(=O)O. The summed E-state index contributed by atoms with van der Waals surface area (Å²) in [4.78, 5) is 20.5. The molecule has 0 fully saturated rings. The largest absolute Gasteiger partial charge is 0.479 e. The molecule has 2 N–H and O–H groups in total. The molecule has 0 spiro atoms. The second-order valence-electron chi connectivity index (χ2n) is 1.95. The Hall–Kier alpha value is -1.10. The van der Waals surface area contributed by atoms with Crippen molar-refractivity contribution in [2.45, 2.75) is 19.4 Å². The highest BCUT2D eigenvalue weighted by molar-refractivity contribution is 5.76. The summed E-state index contributed by atoms with van der Waals surface area (Å²) < 4.78 is 4.35. The third kappa shape index (κ3) is 4.32. The molecular weight excluding hydrogens is 152 g/mol. The number of rotatable bonds is 4. The fraction of sp³-hybridized carbons (Fsp3) is 0.667. The van der Waals surface area contributed by atoms with Crippen molar-refractivity contribution in [3.05, 3.63) is 0 Å². The Labute approximate surface area is 63.6 Å². The van der Waals surface area contributed by atoms with Crippen LogP contribution in [0.5, 0.6) is 0 Å². The molecule has 0 radical (unpaired) electrons. The number of aliphatic hydroxyl groups excluding tert-OH is 1. The molecule has 0 aliphatic carbocycles. The molecule has 0 amide bonds. The first-order chi connectivity index (χ1) is 5.07. The van der Waals surface area contributed by atoms with Crippen molar-refractivity contribution < 1.29 is 24.5 Å². The van der Waals surface area contributed by atoms with Gasteiger partial charge in [0.2, 0.25) is 6.10 Å². The summed E-state index contributed by atoms with van der Waals surface area (Å²) in [6.07, 6.45) is -1.30. The van der Waals surface area contributed by atoms with E-state index in [1.807, 2.05) is 0 Å². The van der Waals surface area contributed by atoms with Crippen molar-refractivity contribution in [2.75, 3.05) is 6.61 Å². The van der Waals surface area contributed by atoms with Gasteiger partial charge in [-0.05, 0) is 0 Å². The zero-order chi connectivity index (χ0) is 8.85. The molecule has 0 aliphatic heterocycles. The van der Waals surface area contributed by atoms with Crippen LogP contribution in [0.3, 0.4) is 0 Å². The number of aliphatic hydroxyl groups is 1. The lowest BCUT2D eigenvalue weighted by molar-refractivity contribution is -0.163. The second kappa shape index (κ2) is 4.68. The van der Waals surface area contributed by atoms with E-state index < -0.39 is 18.0 Å². The zero-order valence-electron chi connectivity index (χ0n) is 6.11. The van der Waals surface area contributed by atoms with Crippen LogP contribution in [0.25, 0.3) is 0 Å². The summed E-state index contributed by atoms with van der Waals surface area (Å²) in [7, 11) is 0. The molecule has 0 aromatic rings. The van der Waals surface area contributed by atoms with Crippen LogP contribution in [-0.4, -0.2) is 34.9 Å². The van der Waals surface area contributed by atoms with Crippen LogP contribution >= 0.6 is 0 Å². The molecule has 11 heavy (non-hydrogen) atoms. The maximum absolute atomic E-state index is 10.3. The smallest absolute Gasteiger partial charge is 0.345 e. The average Bonchev–Trinajstić information content (AvgIpc) is 1.86. The first-order valence-corrected chi connectivity index (χ1v) is 3.08. The van der Waals surface area contributed by atoms with Crippen LogP contribution < -0.4 is 0 Å². The maximum Gasteiger partial charge on any atom is 0.345 e. The number of carbonyl (C=O) groups is 2. The highest BCUT2D eigenvalue weighted by Crippen LogP contribution is 1.98. The number of hydrogen-bond acceptors (Lipinski definition) is 4. The maximum atomic E-state index is 10.3. The van der Waals surface area contributed by atoms with Crippen LogP contribution in [0.15, 0.2) is 0 Å². The van der Waals surface area contributed by atoms with Gasteiger partial charge in [0.25, 0.3) is 0 Å². The lowest BCUT2D eigenvalue weighted by Gasteiger charge is -2.09. The van der Waals surface area contributed by atoms with Crippen molar-refractivity contribution in [3.8, 4) is 0 Å². The van der Waals surface area contributed by atoms with Gasteiger partial charge in [-0.25, -0.2) is 4.79 Å². The normalized spacial score (nSPS) is 12.2. The highest BCUT2D eigenvalue weighted by atomic mass is 16.6. The predicted molar refractivity (Wildman–Crippen MR) is 34.9 cm³/mol. The van der Waals surface area contributed by atoms with Gasteiger partial charge in [-0.3, -0.25) is 4.79 Å². The number of carboxylic acids is 1. The molecule has 0 heterocycles. The molecule has 0 aromatic carbocycles. The van der Waals surface area contributed by atoms with Gasteiger partial charge in [0.05, 0.1) is 0 Å². The molecule has 0 rings (SSSR count). The van der Waals surface area contributed by atoms with Crippen LogP contribution in [-0.2, 0) is 14.3 Å². The van der Waals surface area contributed by atoms with Gasteiger partial charge in [-0.1, -0.05) is 0 Å². The van der Waals surface area contributed by atoms with Crippen LogP contribution in [0, 0.1) is 0 Å². The van der Waals surface area contributed by atoms with Gasteiger partial charge >= 0.3 is 11.9 Å². The Morgan fingerprint density at radius 1 is 1.55 bits per heavy atom. The van der Waals surface area contributed by atoms with Crippen molar-refractivity contribution in [1.29, 1.82) is 0 Å². The van der Waals surface area contributed by atoms with E-state index in [1.165, 1.54) is 0 Å². The van der Waals surface area contributed by atoms with Crippen LogP contribution in [0.1, 0.15) is 13.3 Å². The quantitative estimate of drug-likeness (QED) is 0.538. The van der Waals surface area contributed by atoms with Crippen molar-refractivity contribution in [3.63, 3.8) is 0 Å². The first kappa shape index (κ1) is 9.90. The third-order valence-electron chi connectivity index (χ3n) is 0.975. The molecule has 0 aliphatic rings. The van der Waals surface area contributed by atoms with Gasteiger partial charge < -0.3 is 14.9 Å². The summed E-state index contributed by atoms with van der Waals surface area (Å²) in [6, 6.07) is 0. The number of ether oxygens (including phenoxy) is 1. The van der Waals surface area contributed by atoms with Crippen LogP contribution in [0.4, 0.5) is 0 Å². The second-order valence-corrected chi connectivity index (χ2v) is 1.95. The average molecular weight is 162 g/mol. The Morgan fingerprint density at radius 3 is 2.36 bits per heavy atom. The molecule has 0 saturated carbocycles. The van der Waals surface area contributed by atoms with Crippen LogP contribution in [0.2, 0.25) is 0 Å². The van der Waals surface area contributed by atoms with E-state index in [0.717, 1.165) is 6.92 Å². The Balaban J connectivity index is 3.89. The molecule has 64 valence electrons. The minimum absolute atomic E-state index is 0.0745. The Kier molecular flexibility index (Phi) is 4.21. The monoisotopic (exact) mass is 162 g/mol. The van der Waals surface area contributed by atoms with Crippen molar-refractivity contribution in [1.82, 2.24) is 0 Å². The topological polar surface area (TPSA) is 83.8 Å². The van der Waals surface area contributed by atoms with Gasteiger partial charge in [0.1, 0.15) is 0 Å². The lowest BCUT2D eigenvalue weighted by Crippen LogP contribution is -2.26. The summed E-state index contributed by atoms with van der Waals surface area (Å²) in [5, 5.41) is 16.7. The molecule has 5 heteroatoms. The standard InChI is InChI=1S/C6H10O5/c1-4(8)11-5(2-3-7)6(9)10/h5,7H,2-3H2,1H3,(H,9,10)/t5-/m0/s1. The zero-order valence-corrected chi connectivity index (χ0v) is 6.11. The Bertz CT molecular complexity index is 153. The molecule has 0 saturated heterocycles. The van der Waals surface area contributed by atoms with E-state index in [1.54, 1.807) is 0 Å². The Morgan fingerprint density at radius 2 is 2.09 bits per heavy atom. The summed E-state index contributed by atoms with van der Waals surface area (Å²) in [5.74, 6) is -1.90. The minimum atomic E-state index is -1.24. The van der Waals surface area contributed by atoms with Gasteiger partial charge in [-0.2, -0.15) is 0 Å². The highest BCUT2D eigenvalue weighted by Gasteiger charge is 2.19. The number of esters is 1. The predicted octanol–water partition coefficient (Wildman–Crippen LogP) is -0.615. The molecule has 0 aromatic heterocycles.